The first-order valence-electron chi connectivity index (χ1n) is 10.1. The van der Waals surface area contributed by atoms with Gasteiger partial charge in [0.2, 0.25) is 0 Å². The lowest BCUT2D eigenvalue weighted by Crippen LogP contribution is -2.02. The Morgan fingerprint density at radius 2 is 1.48 bits per heavy atom. The molecule has 0 radical (unpaired) electrons. The molecule has 0 fully saturated rings. The van der Waals surface area contributed by atoms with Gasteiger partial charge in [0.1, 0.15) is 0 Å². The van der Waals surface area contributed by atoms with Gasteiger partial charge in [-0.3, -0.25) is 0 Å². The summed E-state index contributed by atoms with van der Waals surface area (Å²) in [5.74, 6) is 0. The summed E-state index contributed by atoms with van der Waals surface area (Å²) < 4.78 is 2.38. The maximum atomic E-state index is 4.17. The third-order valence-corrected chi connectivity index (χ3v) is 5.28. The number of hydrogen-bond acceptors (Lipinski definition) is 0. The first-order chi connectivity index (χ1) is 14.2. The molecule has 1 heteroatoms. The van der Waals surface area contributed by atoms with Crippen molar-refractivity contribution in [1.29, 1.82) is 0 Å². The van der Waals surface area contributed by atoms with Crippen molar-refractivity contribution in [2.24, 2.45) is 0 Å². The number of nitrogens with zero attached hydrogens (tertiary/aromatic N) is 1. The molecule has 29 heavy (non-hydrogen) atoms. The monoisotopic (exact) mass is 379 g/mol. The fraction of sp³-hybridized carbons (Fsp3) is 0.143. The van der Waals surface area contributed by atoms with E-state index in [0.717, 1.165) is 11.3 Å². The molecule has 0 atom stereocenters. The number of fused-ring (bicyclic) bond motifs is 3. The molecule has 0 saturated carbocycles. The topological polar surface area (TPSA) is 4.93 Å². The minimum Gasteiger partial charge on any atom is -0.308 e. The fourth-order valence-corrected chi connectivity index (χ4v) is 4.23. The molecule has 0 amide bonds. The van der Waals surface area contributed by atoms with E-state index in [1.165, 1.54) is 39.2 Å². The molecule has 1 aromatic heterocycles. The Balaban J connectivity index is 2.66. The van der Waals surface area contributed by atoms with Crippen molar-refractivity contribution < 1.29 is 0 Å². The third-order valence-electron chi connectivity index (χ3n) is 5.28. The Hall–Kier alpha value is -3.32. The second-order valence-corrected chi connectivity index (χ2v) is 6.84. The first-order valence-corrected chi connectivity index (χ1v) is 10.1. The zero-order valence-corrected chi connectivity index (χ0v) is 17.9. The smallest absolute Gasteiger partial charge is 0.0616 e. The van der Waals surface area contributed by atoms with Gasteiger partial charge in [-0.05, 0) is 51.0 Å². The molecule has 1 aliphatic heterocycles. The number of benzene rings is 1. The number of allylic oxidation sites excluding steroid dienone is 9. The van der Waals surface area contributed by atoms with Crippen LogP contribution in [0.15, 0.2) is 79.5 Å². The van der Waals surface area contributed by atoms with Gasteiger partial charge >= 0.3 is 0 Å². The molecule has 0 saturated heterocycles. The lowest BCUT2D eigenvalue weighted by molar-refractivity contribution is 1.04. The number of para-hydroxylation sites is 1. The third kappa shape index (κ3) is 3.23. The van der Waals surface area contributed by atoms with E-state index >= 15 is 0 Å². The highest BCUT2D eigenvalue weighted by Gasteiger charge is 2.29. The van der Waals surface area contributed by atoms with Crippen molar-refractivity contribution in [1.82, 2.24) is 4.57 Å². The predicted octanol–water partition coefficient (Wildman–Crippen LogP) is 8.12. The average molecular weight is 380 g/mol. The molecule has 2 heterocycles. The summed E-state index contributed by atoms with van der Waals surface area (Å²) >= 11 is 0. The van der Waals surface area contributed by atoms with Gasteiger partial charge < -0.3 is 4.57 Å². The van der Waals surface area contributed by atoms with Crippen LogP contribution in [-0.4, -0.2) is 4.57 Å². The molecular weight excluding hydrogens is 350 g/mol. The van der Waals surface area contributed by atoms with Gasteiger partial charge in [0.25, 0.3) is 0 Å². The first kappa shape index (κ1) is 20.4. The minimum absolute atomic E-state index is 1.14. The molecule has 2 aromatic rings. The summed E-state index contributed by atoms with van der Waals surface area (Å²) in [5, 5.41) is 0. The summed E-state index contributed by atoms with van der Waals surface area (Å²) in [4.78, 5) is 0. The van der Waals surface area contributed by atoms with Crippen LogP contribution in [0.3, 0.4) is 0 Å². The SMILES string of the molecule is C=C/C=C1C(=C/C)/c2c(C=C)c(/C=C\C)c(/C=C\C)n2-c2ccccc2C/1=C/C. The van der Waals surface area contributed by atoms with Crippen molar-refractivity contribution in [3.8, 4) is 5.69 Å². The van der Waals surface area contributed by atoms with Crippen molar-refractivity contribution in [2.45, 2.75) is 27.7 Å². The van der Waals surface area contributed by atoms with Gasteiger partial charge in [-0.2, -0.15) is 0 Å². The standard InChI is InChI=1S/C28H29N/c1-7-15-23-20(10-4)25-18-13-14-19-27(25)29-26(17-9-3)24(16-8-2)22(12-6)28(29)21(23)11-5/h7-19H,1,6H2,2-5H3/b16-8-,17-9-,20-10+,21-11-,23-15+. The highest BCUT2D eigenvalue weighted by atomic mass is 15.0. The van der Waals surface area contributed by atoms with Gasteiger partial charge in [-0.1, -0.05) is 80.0 Å². The van der Waals surface area contributed by atoms with Crippen LogP contribution in [0, 0.1) is 0 Å². The Kier molecular flexibility index (Phi) is 6.19. The maximum Gasteiger partial charge on any atom is 0.0616 e. The summed E-state index contributed by atoms with van der Waals surface area (Å²) in [7, 11) is 0. The van der Waals surface area contributed by atoms with Crippen LogP contribution in [0.2, 0.25) is 0 Å². The largest absolute Gasteiger partial charge is 0.308 e. The summed E-state index contributed by atoms with van der Waals surface area (Å²) in [6.45, 7) is 16.5. The van der Waals surface area contributed by atoms with Crippen molar-refractivity contribution in [3.63, 3.8) is 0 Å². The van der Waals surface area contributed by atoms with Gasteiger partial charge in [0.15, 0.2) is 0 Å². The lowest BCUT2D eigenvalue weighted by atomic mass is 9.89. The summed E-state index contributed by atoms with van der Waals surface area (Å²) in [5.41, 5.74) is 10.6. The van der Waals surface area contributed by atoms with E-state index in [4.69, 9.17) is 0 Å². The highest BCUT2D eigenvalue weighted by Crippen LogP contribution is 2.46. The molecule has 1 aliphatic rings. The highest BCUT2D eigenvalue weighted by molar-refractivity contribution is 6.04. The summed E-state index contributed by atoms with van der Waals surface area (Å²) in [6, 6.07) is 8.61. The van der Waals surface area contributed by atoms with Crippen LogP contribution in [0.4, 0.5) is 0 Å². The minimum atomic E-state index is 1.14. The molecule has 3 rings (SSSR count). The molecule has 0 bridgehead atoms. The van der Waals surface area contributed by atoms with E-state index < -0.39 is 0 Å². The van der Waals surface area contributed by atoms with Crippen LogP contribution in [0.1, 0.15) is 55.8 Å². The Morgan fingerprint density at radius 3 is 2.07 bits per heavy atom. The second kappa shape index (κ2) is 8.79. The van der Waals surface area contributed by atoms with E-state index in [0.29, 0.717) is 0 Å². The van der Waals surface area contributed by atoms with Crippen molar-refractivity contribution >= 4 is 29.4 Å². The van der Waals surface area contributed by atoms with Gasteiger partial charge in [-0.25, -0.2) is 0 Å². The second-order valence-electron chi connectivity index (χ2n) is 6.84. The van der Waals surface area contributed by atoms with Crippen LogP contribution >= 0.6 is 0 Å². The maximum absolute atomic E-state index is 4.17. The zero-order chi connectivity index (χ0) is 21.0. The molecule has 1 aromatic carbocycles. The van der Waals surface area contributed by atoms with Crippen LogP contribution in [-0.2, 0) is 0 Å². The molecule has 146 valence electrons. The molecule has 0 N–H and O–H groups in total. The van der Waals surface area contributed by atoms with E-state index in [-0.39, 0.29) is 0 Å². The molecule has 1 nitrogen and oxygen atoms in total. The Morgan fingerprint density at radius 1 is 0.793 bits per heavy atom. The quantitative estimate of drug-likeness (QED) is 0.505. The van der Waals surface area contributed by atoms with Crippen molar-refractivity contribution in [3.05, 3.63) is 108 Å². The van der Waals surface area contributed by atoms with Gasteiger partial charge in [0.05, 0.1) is 17.1 Å². The Bertz CT molecular complexity index is 1110. The van der Waals surface area contributed by atoms with Crippen molar-refractivity contribution in [2.75, 3.05) is 0 Å². The zero-order valence-electron chi connectivity index (χ0n) is 17.9. The van der Waals surface area contributed by atoms with Gasteiger partial charge in [0, 0.05) is 22.3 Å². The summed E-state index contributed by atoms with van der Waals surface area (Å²) in [6.07, 6.45) is 18.9. The van der Waals surface area contributed by atoms with Crippen LogP contribution in [0.25, 0.3) is 35.1 Å². The average Bonchev–Trinajstić information content (AvgIpc) is 2.97. The van der Waals surface area contributed by atoms with Crippen LogP contribution < -0.4 is 0 Å². The fourth-order valence-electron chi connectivity index (χ4n) is 4.23. The molecule has 0 unspecified atom stereocenters. The van der Waals surface area contributed by atoms with E-state index in [1.807, 2.05) is 12.2 Å². The number of aromatic nitrogens is 1. The number of hydrogen-bond donors (Lipinski definition) is 0. The molecule has 0 aliphatic carbocycles. The van der Waals surface area contributed by atoms with E-state index in [9.17, 15) is 0 Å². The van der Waals surface area contributed by atoms with E-state index in [2.05, 4.69) is 112 Å². The van der Waals surface area contributed by atoms with Gasteiger partial charge in [-0.15, -0.1) is 0 Å². The lowest BCUT2D eigenvalue weighted by Gasteiger charge is -2.13. The van der Waals surface area contributed by atoms with Crippen LogP contribution in [0.5, 0.6) is 0 Å². The number of rotatable bonds is 4. The molecule has 0 spiro atoms. The Labute approximate surface area is 175 Å². The predicted molar refractivity (Wildman–Crippen MR) is 131 cm³/mol. The normalized spacial score (nSPS) is 17.9. The van der Waals surface area contributed by atoms with E-state index in [1.54, 1.807) is 0 Å². The molecular formula is C28H29N.